The van der Waals surface area contributed by atoms with Crippen LogP contribution in [0, 0.1) is 0 Å². The third kappa shape index (κ3) is 5.53. The molecule has 0 bridgehead atoms. The lowest BCUT2D eigenvalue weighted by molar-refractivity contribution is -0.141. The Morgan fingerprint density at radius 1 is 1.06 bits per heavy atom. The van der Waals surface area contributed by atoms with Crippen molar-refractivity contribution in [1.29, 1.82) is 0 Å². The van der Waals surface area contributed by atoms with Gasteiger partial charge in [0.25, 0.3) is 5.91 Å². The lowest BCUT2D eigenvalue weighted by Crippen LogP contribution is -2.28. The second kappa shape index (κ2) is 10.1. The predicted molar refractivity (Wildman–Crippen MR) is 113 cm³/mol. The molecule has 0 aliphatic carbocycles. The van der Waals surface area contributed by atoms with Gasteiger partial charge in [-0.1, -0.05) is 48.5 Å². The number of azo groups is 1. The first kappa shape index (κ1) is 21.7. The molecule has 1 aromatic heterocycles. The maximum absolute atomic E-state index is 12.0. The third-order valence-corrected chi connectivity index (χ3v) is 4.61. The van der Waals surface area contributed by atoms with Gasteiger partial charge in [0.2, 0.25) is 11.8 Å². The highest BCUT2D eigenvalue weighted by molar-refractivity contribution is 5.96. The number of nitrogens with zero attached hydrogens (tertiary/aromatic N) is 3. The molecule has 3 aromatic rings. The maximum Gasteiger partial charge on any atom is 0.325 e. The van der Waals surface area contributed by atoms with E-state index in [2.05, 4.69) is 20.3 Å². The topological polar surface area (TPSA) is 122 Å². The van der Waals surface area contributed by atoms with Crippen molar-refractivity contribution in [3.8, 4) is 5.88 Å². The van der Waals surface area contributed by atoms with Crippen LogP contribution >= 0.6 is 0 Å². The van der Waals surface area contributed by atoms with Crippen molar-refractivity contribution < 1.29 is 24.2 Å². The molecular formula is C22H22N4O5. The van der Waals surface area contributed by atoms with Gasteiger partial charge in [0.05, 0.1) is 12.6 Å². The number of para-hydroxylation sites is 1. The molecule has 0 atom stereocenters. The number of benzene rings is 2. The minimum atomic E-state index is -0.669. The van der Waals surface area contributed by atoms with Crippen molar-refractivity contribution in [1.82, 2.24) is 9.88 Å². The summed E-state index contributed by atoms with van der Waals surface area (Å²) in [6, 6.07) is 16.4. The lowest BCUT2D eigenvalue weighted by atomic mass is 10.1. The summed E-state index contributed by atoms with van der Waals surface area (Å²) < 4.78 is 5.97. The number of carbonyl (C=O) groups is 3. The highest BCUT2D eigenvalue weighted by atomic mass is 16.5. The molecule has 0 saturated carbocycles. The number of carbonyl (C=O) groups excluding carboxylic acids is 3. The number of nitrogens with one attached hydrogen (secondary N) is 1. The van der Waals surface area contributed by atoms with Crippen LogP contribution < -0.4 is 5.32 Å². The van der Waals surface area contributed by atoms with Gasteiger partial charge in [-0.2, -0.15) is 0 Å². The average Bonchev–Trinajstić information content (AvgIpc) is 3.06. The third-order valence-electron chi connectivity index (χ3n) is 4.61. The zero-order valence-corrected chi connectivity index (χ0v) is 16.9. The molecule has 2 N–H and O–H groups in total. The molecule has 160 valence electrons. The monoisotopic (exact) mass is 422 g/mol. The van der Waals surface area contributed by atoms with E-state index in [-0.39, 0.29) is 37.0 Å². The molecule has 1 heterocycles. The number of hydrogen-bond acceptors (Lipinski definition) is 6. The van der Waals surface area contributed by atoms with Crippen LogP contribution in [0.3, 0.4) is 0 Å². The van der Waals surface area contributed by atoms with E-state index in [9.17, 15) is 19.5 Å². The first-order valence-electron chi connectivity index (χ1n) is 9.61. The number of amides is 2. The number of ether oxygens (including phenoxy) is 1. The van der Waals surface area contributed by atoms with Gasteiger partial charge in [0.1, 0.15) is 13.1 Å². The Balaban J connectivity index is 1.63. The Bertz CT molecular complexity index is 1120. The SMILES string of the molecule is COC(=O)Cn1c(O)c(N=NC(=O)CNC(=O)CCc2ccccc2)c2ccccc21. The fourth-order valence-electron chi connectivity index (χ4n) is 3.03. The summed E-state index contributed by atoms with van der Waals surface area (Å²) >= 11 is 0. The van der Waals surface area contributed by atoms with Crippen molar-refractivity contribution >= 4 is 34.4 Å². The molecule has 0 radical (unpaired) electrons. The van der Waals surface area contributed by atoms with Crippen LogP contribution in [-0.2, 0) is 32.1 Å². The molecule has 2 amide bonds. The van der Waals surface area contributed by atoms with Crippen molar-refractivity contribution in [2.45, 2.75) is 19.4 Å². The van der Waals surface area contributed by atoms with E-state index in [1.165, 1.54) is 11.7 Å². The Morgan fingerprint density at radius 2 is 1.77 bits per heavy atom. The Kier molecular flexibility index (Phi) is 7.10. The Hall–Kier alpha value is -4.01. The summed E-state index contributed by atoms with van der Waals surface area (Å²) in [6.07, 6.45) is 0.812. The number of fused-ring (bicyclic) bond motifs is 1. The zero-order valence-electron chi connectivity index (χ0n) is 16.9. The quantitative estimate of drug-likeness (QED) is 0.427. The van der Waals surface area contributed by atoms with Gasteiger partial charge in [-0.3, -0.25) is 19.0 Å². The van der Waals surface area contributed by atoms with Gasteiger partial charge in [-0.25, -0.2) is 0 Å². The molecule has 3 rings (SSSR count). The van der Waals surface area contributed by atoms with Gasteiger partial charge >= 0.3 is 5.97 Å². The number of aromatic hydroxyl groups is 1. The average molecular weight is 422 g/mol. The summed E-state index contributed by atoms with van der Waals surface area (Å²) in [4.78, 5) is 35.6. The molecule has 2 aromatic carbocycles. The van der Waals surface area contributed by atoms with E-state index < -0.39 is 11.9 Å². The Morgan fingerprint density at radius 3 is 2.52 bits per heavy atom. The molecule has 0 saturated heterocycles. The van der Waals surface area contributed by atoms with E-state index in [1.807, 2.05) is 30.3 Å². The zero-order chi connectivity index (χ0) is 22.2. The second-order valence-electron chi connectivity index (χ2n) is 6.71. The summed E-state index contributed by atoms with van der Waals surface area (Å²) in [7, 11) is 1.25. The number of aryl methyl sites for hydroxylation is 1. The van der Waals surface area contributed by atoms with Crippen molar-refractivity contribution in [2.75, 3.05) is 13.7 Å². The molecule has 9 heteroatoms. The normalized spacial score (nSPS) is 11.0. The van der Waals surface area contributed by atoms with Crippen LogP contribution in [0.1, 0.15) is 12.0 Å². The molecule has 9 nitrogen and oxygen atoms in total. The number of rotatable bonds is 8. The molecule has 0 unspecified atom stereocenters. The molecule has 0 aliphatic heterocycles. The fourth-order valence-corrected chi connectivity index (χ4v) is 3.03. The molecule has 0 spiro atoms. The molecule has 0 fully saturated rings. The number of methoxy groups -OCH3 is 1. The van der Waals surface area contributed by atoms with Crippen LogP contribution in [0.15, 0.2) is 64.8 Å². The molecule has 31 heavy (non-hydrogen) atoms. The molecular weight excluding hydrogens is 400 g/mol. The van der Waals surface area contributed by atoms with Crippen molar-refractivity contribution in [2.24, 2.45) is 10.2 Å². The smallest absolute Gasteiger partial charge is 0.325 e. The van der Waals surface area contributed by atoms with Gasteiger partial charge in [-0.05, 0) is 18.1 Å². The highest BCUT2D eigenvalue weighted by Crippen LogP contribution is 2.38. The van der Waals surface area contributed by atoms with Crippen molar-refractivity contribution in [3.63, 3.8) is 0 Å². The fraction of sp³-hybridized carbons (Fsp3) is 0.227. The summed E-state index contributed by atoms with van der Waals surface area (Å²) in [6.45, 7) is -0.525. The Labute approximate surface area is 178 Å². The molecule has 0 aliphatic rings. The van der Waals surface area contributed by atoms with E-state index in [1.54, 1.807) is 24.3 Å². The van der Waals surface area contributed by atoms with Gasteiger partial charge in [0.15, 0.2) is 5.69 Å². The first-order chi connectivity index (χ1) is 15.0. The van der Waals surface area contributed by atoms with E-state index in [0.717, 1.165) is 5.56 Å². The first-order valence-corrected chi connectivity index (χ1v) is 9.61. The minimum absolute atomic E-state index is 0.0586. The number of esters is 1. The summed E-state index contributed by atoms with van der Waals surface area (Å²) in [5, 5.41) is 21.0. The van der Waals surface area contributed by atoms with E-state index in [4.69, 9.17) is 0 Å². The lowest BCUT2D eigenvalue weighted by Gasteiger charge is -2.04. The number of hydrogen-bond donors (Lipinski definition) is 2. The summed E-state index contributed by atoms with van der Waals surface area (Å²) in [5.41, 5.74) is 1.63. The number of aromatic nitrogens is 1. The predicted octanol–water partition coefficient (Wildman–Crippen LogP) is 2.88. The second-order valence-corrected chi connectivity index (χ2v) is 6.71. The van der Waals surface area contributed by atoms with Gasteiger partial charge < -0.3 is 15.2 Å². The van der Waals surface area contributed by atoms with Gasteiger partial charge in [0, 0.05) is 11.8 Å². The van der Waals surface area contributed by atoms with Crippen molar-refractivity contribution in [3.05, 3.63) is 60.2 Å². The minimum Gasteiger partial charge on any atom is -0.493 e. The highest BCUT2D eigenvalue weighted by Gasteiger charge is 2.19. The van der Waals surface area contributed by atoms with Crippen LogP contribution in [0.5, 0.6) is 5.88 Å². The largest absolute Gasteiger partial charge is 0.493 e. The van der Waals surface area contributed by atoms with Crippen LogP contribution in [0.4, 0.5) is 5.69 Å². The summed E-state index contributed by atoms with van der Waals surface area (Å²) in [5.74, 6) is -1.80. The van der Waals surface area contributed by atoms with Gasteiger partial charge in [-0.15, -0.1) is 10.2 Å². The van der Waals surface area contributed by atoms with Crippen LogP contribution in [0.2, 0.25) is 0 Å². The van der Waals surface area contributed by atoms with Crippen LogP contribution in [0.25, 0.3) is 10.9 Å². The standard InChI is InChI=1S/C22H22N4O5/c1-31-20(29)14-26-17-10-6-5-9-16(17)21(22(26)30)25-24-19(28)13-23-18(27)12-11-15-7-3-2-4-8-15/h2-10,30H,11-14H2,1H3,(H,23,27). The van der Waals surface area contributed by atoms with Crippen LogP contribution in [-0.4, -0.2) is 41.1 Å². The van der Waals surface area contributed by atoms with E-state index in [0.29, 0.717) is 17.3 Å². The maximum atomic E-state index is 12.0. The van der Waals surface area contributed by atoms with E-state index >= 15 is 0 Å².